The van der Waals surface area contributed by atoms with Crippen molar-refractivity contribution in [1.82, 2.24) is 28.9 Å². The van der Waals surface area contributed by atoms with Crippen molar-refractivity contribution < 1.29 is 14.3 Å². The SMILES string of the molecule is Cn1c(=O)c2c(nc(Sc3nnc(NC(=O)Nc4ccc5c(c4)OCO5)s3)n2C)n(C)c1=O. The number of aromatic nitrogens is 6. The van der Waals surface area contributed by atoms with E-state index in [-0.39, 0.29) is 17.6 Å². The van der Waals surface area contributed by atoms with Crippen LogP contribution >= 0.6 is 23.1 Å². The first-order valence-electron chi connectivity index (χ1n) is 9.43. The number of fused-ring (bicyclic) bond motifs is 2. The van der Waals surface area contributed by atoms with E-state index in [0.29, 0.717) is 32.2 Å². The zero-order valence-electron chi connectivity index (χ0n) is 17.5. The van der Waals surface area contributed by atoms with E-state index in [1.165, 1.54) is 23.4 Å². The number of amides is 2. The largest absolute Gasteiger partial charge is 0.454 e. The van der Waals surface area contributed by atoms with Crippen molar-refractivity contribution >= 4 is 51.1 Å². The number of nitrogens with one attached hydrogen (secondary N) is 2. The summed E-state index contributed by atoms with van der Waals surface area (Å²) in [5, 5.41) is 14.1. The molecule has 0 saturated heterocycles. The second-order valence-corrected chi connectivity index (χ2v) is 9.15. The van der Waals surface area contributed by atoms with Gasteiger partial charge in [-0.25, -0.2) is 14.6 Å². The number of hydrogen-bond acceptors (Lipinski definition) is 10. The molecule has 0 radical (unpaired) electrons. The number of ether oxygens (including phenoxy) is 2. The minimum atomic E-state index is -0.497. The number of anilines is 2. The maximum absolute atomic E-state index is 12.5. The monoisotopic (exact) mass is 488 g/mol. The van der Waals surface area contributed by atoms with Gasteiger partial charge in [0, 0.05) is 32.9 Å². The number of benzene rings is 1. The van der Waals surface area contributed by atoms with Gasteiger partial charge in [-0.3, -0.25) is 19.2 Å². The van der Waals surface area contributed by atoms with Crippen LogP contribution < -0.4 is 31.4 Å². The normalized spacial score (nSPS) is 12.3. The van der Waals surface area contributed by atoms with Gasteiger partial charge in [0.1, 0.15) is 0 Å². The van der Waals surface area contributed by atoms with Gasteiger partial charge >= 0.3 is 11.7 Å². The van der Waals surface area contributed by atoms with E-state index >= 15 is 0 Å². The lowest BCUT2D eigenvalue weighted by Crippen LogP contribution is -2.37. The van der Waals surface area contributed by atoms with Gasteiger partial charge in [0.15, 0.2) is 32.2 Å². The maximum Gasteiger partial charge on any atom is 0.332 e. The standard InChI is InChI=1S/C18H16N8O5S2/c1-24-11-12(25(2)18(29)26(3)13(11)27)20-16(24)33-17-23-22-15(32-17)21-14(28)19-8-4-5-9-10(6-8)31-7-30-9/h4-6H,7H2,1-3H3,(H2,19,21,22,28). The van der Waals surface area contributed by atoms with Crippen LogP contribution in [0.4, 0.5) is 15.6 Å². The van der Waals surface area contributed by atoms with E-state index in [9.17, 15) is 14.4 Å². The molecule has 0 atom stereocenters. The second-order valence-electron chi connectivity index (χ2n) is 6.95. The summed E-state index contributed by atoms with van der Waals surface area (Å²) in [4.78, 5) is 41.4. The highest BCUT2D eigenvalue weighted by Gasteiger charge is 2.20. The van der Waals surface area contributed by atoms with Gasteiger partial charge in [-0.1, -0.05) is 11.3 Å². The lowest BCUT2D eigenvalue weighted by atomic mass is 10.3. The highest BCUT2D eigenvalue weighted by molar-refractivity contribution is 8.01. The Kier molecular flexibility index (Phi) is 5.05. The molecule has 1 aliphatic rings. The van der Waals surface area contributed by atoms with Gasteiger partial charge in [0.05, 0.1) is 0 Å². The molecule has 2 amide bonds. The van der Waals surface area contributed by atoms with Gasteiger partial charge in [0.25, 0.3) is 5.56 Å². The summed E-state index contributed by atoms with van der Waals surface area (Å²) < 4.78 is 15.0. The first-order chi connectivity index (χ1) is 15.8. The quantitative estimate of drug-likeness (QED) is 0.406. The number of hydrogen-bond donors (Lipinski definition) is 2. The van der Waals surface area contributed by atoms with Crippen molar-refractivity contribution in [3.63, 3.8) is 0 Å². The van der Waals surface area contributed by atoms with Crippen molar-refractivity contribution in [3.05, 3.63) is 39.0 Å². The van der Waals surface area contributed by atoms with Crippen molar-refractivity contribution in [2.24, 2.45) is 21.1 Å². The smallest absolute Gasteiger partial charge is 0.332 e. The Bertz CT molecular complexity index is 1540. The minimum absolute atomic E-state index is 0.145. The first-order valence-corrected chi connectivity index (χ1v) is 11.1. The average molecular weight is 489 g/mol. The fourth-order valence-electron chi connectivity index (χ4n) is 3.20. The lowest BCUT2D eigenvalue weighted by Gasteiger charge is -2.05. The fraction of sp³-hybridized carbons (Fsp3) is 0.222. The van der Waals surface area contributed by atoms with E-state index in [2.05, 4.69) is 25.8 Å². The van der Waals surface area contributed by atoms with E-state index in [1.807, 2.05) is 0 Å². The molecule has 0 bridgehead atoms. The Balaban J connectivity index is 1.32. The van der Waals surface area contributed by atoms with Gasteiger partial charge in [0.2, 0.25) is 11.9 Å². The number of aryl methyl sites for hydroxylation is 2. The van der Waals surface area contributed by atoms with E-state index in [1.54, 1.807) is 36.9 Å². The van der Waals surface area contributed by atoms with Crippen molar-refractivity contribution in [3.8, 4) is 11.5 Å². The molecule has 170 valence electrons. The van der Waals surface area contributed by atoms with E-state index < -0.39 is 17.3 Å². The van der Waals surface area contributed by atoms with Crippen LogP contribution in [-0.2, 0) is 21.1 Å². The number of imidazole rings is 1. The van der Waals surface area contributed by atoms with Crippen molar-refractivity contribution in [1.29, 1.82) is 0 Å². The second kappa shape index (κ2) is 7.93. The van der Waals surface area contributed by atoms with Gasteiger partial charge in [-0.05, 0) is 23.9 Å². The molecule has 0 spiro atoms. The molecule has 0 saturated carbocycles. The van der Waals surface area contributed by atoms with Crippen LogP contribution in [0, 0.1) is 0 Å². The van der Waals surface area contributed by atoms with Crippen LogP contribution in [-0.4, -0.2) is 41.7 Å². The first kappa shape index (κ1) is 21.0. The molecule has 4 heterocycles. The summed E-state index contributed by atoms with van der Waals surface area (Å²) in [6.07, 6.45) is 0. The number of nitrogens with zero attached hydrogens (tertiary/aromatic N) is 6. The van der Waals surface area contributed by atoms with Gasteiger partial charge < -0.3 is 19.4 Å². The molecule has 2 N–H and O–H groups in total. The van der Waals surface area contributed by atoms with Gasteiger partial charge in [-0.15, -0.1) is 10.2 Å². The van der Waals surface area contributed by atoms with Crippen molar-refractivity contribution in [2.45, 2.75) is 9.50 Å². The Labute approximate surface area is 193 Å². The molecule has 0 fully saturated rings. The lowest BCUT2D eigenvalue weighted by molar-refractivity contribution is 0.174. The molecule has 0 unspecified atom stereocenters. The molecular weight excluding hydrogens is 472 g/mol. The van der Waals surface area contributed by atoms with Crippen LogP contribution in [0.15, 0.2) is 37.3 Å². The summed E-state index contributed by atoms with van der Waals surface area (Å²) in [6, 6.07) is 4.56. The van der Waals surface area contributed by atoms with E-state index in [0.717, 1.165) is 15.9 Å². The topological polar surface area (TPSA) is 147 Å². The molecular formula is C18H16N8O5S2. The number of carbonyl (C=O) groups is 1. The Hall–Kier alpha value is -3.85. The highest BCUT2D eigenvalue weighted by Crippen LogP contribution is 2.35. The Morgan fingerprint density at radius 1 is 1.06 bits per heavy atom. The molecule has 15 heteroatoms. The summed E-state index contributed by atoms with van der Waals surface area (Å²) in [5.74, 6) is 1.17. The molecule has 33 heavy (non-hydrogen) atoms. The van der Waals surface area contributed by atoms with Crippen LogP contribution in [0.2, 0.25) is 0 Å². The summed E-state index contributed by atoms with van der Waals surface area (Å²) in [7, 11) is 4.65. The third-order valence-electron chi connectivity index (χ3n) is 4.87. The zero-order chi connectivity index (χ0) is 23.3. The van der Waals surface area contributed by atoms with Crippen LogP contribution in [0.1, 0.15) is 0 Å². The molecule has 4 aromatic rings. The van der Waals surface area contributed by atoms with Crippen LogP contribution in [0.25, 0.3) is 11.2 Å². The van der Waals surface area contributed by atoms with E-state index in [4.69, 9.17) is 9.47 Å². The van der Waals surface area contributed by atoms with Gasteiger partial charge in [-0.2, -0.15) is 0 Å². The summed E-state index contributed by atoms with van der Waals surface area (Å²) in [5.41, 5.74) is 0.211. The third-order valence-corrected chi connectivity index (χ3v) is 6.81. The minimum Gasteiger partial charge on any atom is -0.454 e. The number of rotatable bonds is 4. The zero-order valence-corrected chi connectivity index (χ0v) is 19.1. The number of carbonyl (C=O) groups excluding carboxylic acids is 1. The number of urea groups is 1. The maximum atomic E-state index is 12.5. The molecule has 3 aromatic heterocycles. The summed E-state index contributed by atoms with van der Waals surface area (Å²) >= 11 is 2.30. The third kappa shape index (κ3) is 3.70. The highest BCUT2D eigenvalue weighted by atomic mass is 32.2. The molecule has 0 aliphatic carbocycles. The Morgan fingerprint density at radius 2 is 1.85 bits per heavy atom. The molecule has 13 nitrogen and oxygen atoms in total. The Morgan fingerprint density at radius 3 is 2.67 bits per heavy atom. The summed E-state index contributed by atoms with van der Waals surface area (Å²) in [6.45, 7) is 0.145. The molecule has 5 rings (SSSR count). The predicted molar refractivity (Wildman–Crippen MR) is 120 cm³/mol. The van der Waals surface area contributed by atoms with Crippen molar-refractivity contribution in [2.75, 3.05) is 17.4 Å². The fourth-order valence-corrected chi connectivity index (χ4v) is 4.90. The van der Waals surface area contributed by atoms with Crippen LogP contribution in [0.3, 0.4) is 0 Å². The molecule has 1 aromatic carbocycles. The predicted octanol–water partition coefficient (Wildman–Crippen LogP) is 1.35. The van der Waals surface area contributed by atoms with Crippen LogP contribution in [0.5, 0.6) is 11.5 Å². The average Bonchev–Trinajstić information content (AvgIpc) is 3.50. The molecule has 1 aliphatic heterocycles.